The Labute approximate surface area is 221 Å². The van der Waals surface area contributed by atoms with E-state index in [0.717, 1.165) is 22.5 Å². The molecule has 1 aliphatic heterocycles. The first kappa shape index (κ1) is 27.7. The van der Waals surface area contributed by atoms with Gasteiger partial charge in [0, 0.05) is 12.0 Å². The molecule has 1 unspecified atom stereocenters. The Morgan fingerprint density at radius 3 is 2.45 bits per heavy atom. The highest BCUT2D eigenvalue weighted by atomic mass is 35.5. The van der Waals surface area contributed by atoms with E-state index < -0.39 is 50.0 Å². The first-order chi connectivity index (χ1) is 17.6. The molecule has 0 saturated carbocycles. The van der Waals surface area contributed by atoms with Gasteiger partial charge in [0.05, 0.1) is 33.1 Å². The molecule has 38 heavy (non-hydrogen) atoms. The topological polar surface area (TPSA) is 83.9 Å². The lowest BCUT2D eigenvalue weighted by molar-refractivity contribution is -0.148. The third-order valence-electron chi connectivity index (χ3n) is 6.22. The number of carboxylic acids is 1. The Morgan fingerprint density at radius 2 is 1.79 bits per heavy atom. The second kappa shape index (κ2) is 9.77. The van der Waals surface area contributed by atoms with Gasteiger partial charge in [-0.2, -0.15) is 13.2 Å². The van der Waals surface area contributed by atoms with Gasteiger partial charge in [0.1, 0.15) is 17.7 Å². The molecule has 1 aliphatic rings. The first-order valence-electron chi connectivity index (χ1n) is 11.3. The van der Waals surface area contributed by atoms with Crippen LogP contribution in [0.4, 0.5) is 23.2 Å². The lowest BCUT2D eigenvalue weighted by atomic mass is 9.86. The van der Waals surface area contributed by atoms with Gasteiger partial charge >= 0.3 is 12.1 Å². The van der Waals surface area contributed by atoms with Crippen molar-refractivity contribution in [1.82, 2.24) is 0 Å². The maximum Gasteiger partial charge on any atom is 0.416 e. The van der Waals surface area contributed by atoms with E-state index in [4.69, 9.17) is 16.3 Å². The Bertz CT molecular complexity index is 1510. The zero-order valence-corrected chi connectivity index (χ0v) is 21.7. The molecule has 1 heterocycles. The summed E-state index contributed by atoms with van der Waals surface area (Å²) in [5, 5.41) is 9.40. The lowest BCUT2D eigenvalue weighted by Gasteiger charge is -2.38. The predicted octanol–water partition coefficient (Wildman–Crippen LogP) is 6.62. The van der Waals surface area contributed by atoms with Crippen molar-refractivity contribution in [3.8, 4) is 16.9 Å². The molecule has 0 spiro atoms. The third-order valence-corrected chi connectivity index (χ3v) is 8.29. The molecular weight excluding hydrogens is 550 g/mol. The highest BCUT2D eigenvalue weighted by Crippen LogP contribution is 2.43. The minimum Gasteiger partial charge on any atom is -0.486 e. The third kappa shape index (κ3) is 5.30. The molecule has 0 amide bonds. The molecule has 1 N–H and O–H groups in total. The van der Waals surface area contributed by atoms with Crippen molar-refractivity contribution in [3.05, 3.63) is 77.1 Å². The molecule has 3 aromatic carbocycles. The van der Waals surface area contributed by atoms with Crippen LogP contribution < -0.4 is 9.04 Å². The van der Waals surface area contributed by atoms with E-state index in [9.17, 15) is 35.9 Å². The van der Waals surface area contributed by atoms with Crippen LogP contribution in [-0.2, 0) is 21.0 Å². The molecule has 0 aliphatic carbocycles. The molecule has 1 atom stereocenters. The van der Waals surface area contributed by atoms with E-state index in [2.05, 4.69) is 0 Å². The summed E-state index contributed by atoms with van der Waals surface area (Å²) in [5.41, 5.74) is -2.15. The summed E-state index contributed by atoms with van der Waals surface area (Å²) < 4.78 is 89.0. The number of sulfonamides is 1. The fraction of sp³-hybridized carbons (Fsp3) is 0.269. The number of hydrogen-bond donors (Lipinski definition) is 1. The van der Waals surface area contributed by atoms with E-state index in [1.807, 2.05) is 0 Å². The average Bonchev–Trinajstić information content (AvgIpc) is 2.84. The monoisotopic (exact) mass is 571 g/mol. The van der Waals surface area contributed by atoms with Gasteiger partial charge in [-0.25, -0.2) is 12.8 Å². The van der Waals surface area contributed by atoms with Crippen molar-refractivity contribution in [3.63, 3.8) is 0 Å². The SMILES string of the molecule is CC(C)(CC1CN(S(=O)(=O)c2cccc(C(F)(F)F)c2)c2cc(-c3cccc(Cl)c3F)ccc2O1)C(=O)O. The van der Waals surface area contributed by atoms with Crippen LogP contribution in [0, 0.1) is 11.2 Å². The minimum absolute atomic E-state index is 0.0383. The molecule has 3 aromatic rings. The number of rotatable bonds is 6. The van der Waals surface area contributed by atoms with Crippen LogP contribution in [0.5, 0.6) is 5.75 Å². The van der Waals surface area contributed by atoms with Crippen LogP contribution >= 0.6 is 11.6 Å². The lowest BCUT2D eigenvalue weighted by Crippen LogP contribution is -2.46. The summed E-state index contributed by atoms with van der Waals surface area (Å²) >= 11 is 5.90. The maximum absolute atomic E-state index is 14.7. The van der Waals surface area contributed by atoms with E-state index in [-0.39, 0.29) is 40.6 Å². The number of alkyl halides is 3. The quantitative estimate of drug-likeness (QED) is 0.336. The van der Waals surface area contributed by atoms with Crippen LogP contribution in [0.25, 0.3) is 11.1 Å². The van der Waals surface area contributed by atoms with Crippen molar-refractivity contribution < 1.29 is 40.6 Å². The van der Waals surface area contributed by atoms with Crippen LogP contribution in [0.1, 0.15) is 25.8 Å². The fourth-order valence-corrected chi connectivity index (χ4v) is 5.88. The van der Waals surface area contributed by atoms with E-state index >= 15 is 0 Å². The normalized spacial score (nSPS) is 16.1. The number of benzene rings is 3. The molecule has 0 fully saturated rings. The van der Waals surface area contributed by atoms with Gasteiger partial charge in [0.15, 0.2) is 0 Å². The van der Waals surface area contributed by atoms with Gasteiger partial charge in [0.2, 0.25) is 0 Å². The number of ether oxygens (including phenoxy) is 1. The van der Waals surface area contributed by atoms with Gasteiger partial charge in [-0.1, -0.05) is 35.9 Å². The fourth-order valence-electron chi connectivity index (χ4n) is 4.16. The van der Waals surface area contributed by atoms with Crippen LogP contribution in [0.15, 0.2) is 65.6 Å². The minimum atomic E-state index is -4.78. The number of hydrogen-bond acceptors (Lipinski definition) is 4. The Balaban J connectivity index is 1.86. The van der Waals surface area contributed by atoms with Crippen molar-refractivity contribution in [2.75, 3.05) is 10.8 Å². The number of carbonyl (C=O) groups is 1. The van der Waals surface area contributed by atoms with Gasteiger partial charge in [0.25, 0.3) is 10.0 Å². The van der Waals surface area contributed by atoms with Crippen LogP contribution in [0.3, 0.4) is 0 Å². The smallest absolute Gasteiger partial charge is 0.416 e. The summed E-state index contributed by atoms with van der Waals surface area (Å²) in [6.45, 7) is 2.51. The van der Waals surface area contributed by atoms with E-state index in [0.29, 0.717) is 6.07 Å². The zero-order chi connectivity index (χ0) is 28.0. The second-order valence-corrected chi connectivity index (χ2v) is 11.7. The predicted molar refractivity (Wildman–Crippen MR) is 133 cm³/mol. The van der Waals surface area contributed by atoms with E-state index in [1.165, 1.54) is 50.2 Å². The number of halogens is 5. The van der Waals surface area contributed by atoms with Crippen molar-refractivity contribution in [2.45, 2.75) is 37.4 Å². The molecular formula is C26H22ClF4NO5S. The molecule has 0 aromatic heterocycles. The Kier molecular flexibility index (Phi) is 7.13. The van der Waals surface area contributed by atoms with Gasteiger partial charge in [-0.05, 0) is 55.8 Å². The molecule has 6 nitrogen and oxygen atoms in total. The molecule has 202 valence electrons. The molecule has 0 bridgehead atoms. The Morgan fingerprint density at radius 1 is 1.11 bits per heavy atom. The number of aliphatic carboxylic acids is 1. The molecule has 0 saturated heterocycles. The molecule has 0 radical (unpaired) electrons. The second-order valence-electron chi connectivity index (χ2n) is 9.48. The number of carboxylic acid groups (broad SMARTS) is 1. The van der Waals surface area contributed by atoms with Gasteiger partial charge in [-0.15, -0.1) is 0 Å². The van der Waals surface area contributed by atoms with Crippen molar-refractivity contribution in [1.29, 1.82) is 0 Å². The number of fused-ring (bicyclic) bond motifs is 1. The summed E-state index contributed by atoms with van der Waals surface area (Å²) in [7, 11) is -4.60. The average molecular weight is 572 g/mol. The summed E-state index contributed by atoms with van der Waals surface area (Å²) in [6, 6.07) is 11.8. The zero-order valence-electron chi connectivity index (χ0n) is 20.1. The first-order valence-corrected chi connectivity index (χ1v) is 13.1. The maximum atomic E-state index is 14.7. The van der Waals surface area contributed by atoms with Crippen LogP contribution in [0.2, 0.25) is 5.02 Å². The largest absolute Gasteiger partial charge is 0.486 e. The highest BCUT2D eigenvalue weighted by Gasteiger charge is 2.40. The van der Waals surface area contributed by atoms with Gasteiger partial charge < -0.3 is 9.84 Å². The molecule has 12 heteroatoms. The van der Waals surface area contributed by atoms with Crippen molar-refractivity contribution >= 4 is 33.3 Å². The van der Waals surface area contributed by atoms with Crippen molar-refractivity contribution in [2.24, 2.45) is 5.41 Å². The standard InChI is InChI=1S/C26H22ClF4NO5S/c1-25(2,24(33)34)13-17-14-32(38(35,36)18-6-3-5-16(12-18)26(29,30)31)21-11-15(9-10-22(21)37-17)19-7-4-8-20(27)23(19)28/h3-12,17H,13-14H2,1-2H3,(H,33,34). The summed E-state index contributed by atoms with van der Waals surface area (Å²) in [4.78, 5) is 11.1. The number of nitrogens with zero attached hydrogens (tertiary/aromatic N) is 1. The summed E-state index contributed by atoms with van der Waals surface area (Å²) in [5.74, 6) is -1.82. The Hall–Kier alpha value is -3.31. The summed E-state index contributed by atoms with van der Waals surface area (Å²) in [6.07, 6.45) is -5.82. The highest BCUT2D eigenvalue weighted by molar-refractivity contribution is 7.92. The van der Waals surface area contributed by atoms with Crippen LogP contribution in [-0.4, -0.2) is 32.1 Å². The van der Waals surface area contributed by atoms with E-state index in [1.54, 1.807) is 0 Å². The van der Waals surface area contributed by atoms with Gasteiger partial charge in [-0.3, -0.25) is 9.10 Å². The molecule has 4 rings (SSSR count). The number of anilines is 1.